The first-order valence-corrected chi connectivity index (χ1v) is 2.34. The molecule has 0 radical (unpaired) electrons. The Bertz CT molecular complexity index is 91.5. The second kappa shape index (κ2) is 5.09. The number of hydrogen-bond acceptors (Lipinski definition) is 2. The molecule has 0 aliphatic rings. The van der Waals surface area contributed by atoms with Gasteiger partial charge in [0, 0.05) is 0 Å². The molecular formula is C7H18O3. The molecule has 3 nitrogen and oxygen atoms in total. The fraction of sp³-hybridized carbons (Fsp3) is 0.857. The minimum absolute atomic E-state index is 0. The van der Waals surface area contributed by atoms with Gasteiger partial charge < -0.3 is 9.84 Å². The Balaban J connectivity index is -0.000000245. The first-order valence-electron chi connectivity index (χ1n) is 2.34. The fourth-order valence-corrected chi connectivity index (χ4v) is 0.262. The van der Waals surface area contributed by atoms with Crippen LogP contribution in [0.4, 0.5) is 4.79 Å². The van der Waals surface area contributed by atoms with Crippen LogP contribution >= 0.6 is 0 Å². The summed E-state index contributed by atoms with van der Waals surface area (Å²) in [6, 6.07) is 0. The van der Waals surface area contributed by atoms with Gasteiger partial charge >= 0.3 is 6.16 Å². The van der Waals surface area contributed by atoms with Gasteiger partial charge in [0.15, 0.2) is 0 Å². The highest BCUT2D eigenvalue weighted by molar-refractivity contribution is 5.57. The van der Waals surface area contributed by atoms with Crippen LogP contribution in [0.5, 0.6) is 0 Å². The minimum atomic E-state index is -1.22. The molecule has 0 heterocycles. The Morgan fingerprint density at radius 1 is 1.30 bits per heavy atom. The molecule has 1 N–H and O–H groups in total. The summed E-state index contributed by atoms with van der Waals surface area (Å²) in [4.78, 5) is 9.79. The number of carbonyl (C=O) groups is 1. The van der Waals surface area contributed by atoms with Crippen LogP contribution in [0.25, 0.3) is 0 Å². The molecule has 0 aliphatic heterocycles. The van der Waals surface area contributed by atoms with Gasteiger partial charge in [-0.15, -0.1) is 0 Å². The molecule has 0 aromatic carbocycles. The standard InChI is InChI=1S/C5H10O3.2CH4/c1-5(2,3)8-4(6)7;;/h1-3H3,(H,6,7);2*1H4. The maximum atomic E-state index is 9.79. The van der Waals surface area contributed by atoms with E-state index >= 15 is 0 Å². The number of ether oxygens (including phenoxy) is 1. The average Bonchev–Trinajstić information content (AvgIpc) is 1.21. The number of carboxylic acid groups (broad SMARTS) is 1. The van der Waals surface area contributed by atoms with Crippen molar-refractivity contribution in [1.82, 2.24) is 0 Å². The lowest BCUT2D eigenvalue weighted by molar-refractivity contribution is 0.0150. The Morgan fingerprint density at radius 3 is 1.60 bits per heavy atom. The van der Waals surface area contributed by atoms with Gasteiger partial charge in [-0.3, -0.25) is 0 Å². The van der Waals surface area contributed by atoms with Gasteiger partial charge in [-0.25, -0.2) is 4.79 Å². The van der Waals surface area contributed by atoms with Crippen molar-refractivity contribution in [3.63, 3.8) is 0 Å². The summed E-state index contributed by atoms with van der Waals surface area (Å²) in [6.07, 6.45) is -1.22. The molecule has 0 spiro atoms. The summed E-state index contributed by atoms with van der Waals surface area (Å²) < 4.78 is 4.35. The molecule has 64 valence electrons. The molecule has 10 heavy (non-hydrogen) atoms. The Labute approximate surface area is 63.0 Å². The molecule has 0 bridgehead atoms. The lowest BCUT2D eigenvalue weighted by atomic mass is 10.2. The third-order valence-electron chi connectivity index (χ3n) is 0.393. The predicted molar refractivity (Wildman–Crippen MR) is 42.3 cm³/mol. The van der Waals surface area contributed by atoms with Crippen LogP contribution in [-0.4, -0.2) is 16.9 Å². The highest BCUT2D eigenvalue weighted by atomic mass is 16.7. The smallest absolute Gasteiger partial charge is 0.450 e. The molecule has 0 rings (SSSR count). The van der Waals surface area contributed by atoms with E-state index in [0.717, 1.165) is 0 Å². The van der Waals surface area contributed by atoms with E-state index in [-0.39, 0.29) is 14.9 Å². The van der Waals surface area contributed by atoms with Crippen molar-refractivity contribution in [3.05, 3.63) is 0 Å². The lowest BCUT2D eigenvalue weighted by Crippen LogP contribution is -2.22. The molecule has 0 aromatic rings. The summed E-state index contributed by atoms with van der Waals surface area (Å²) in [5.41, 5.74) is -0.578. The van der Waals surface area contributed by atoms with Gasteiger partial charge in [0.1, 0.15) is 5.60 Å². The largest absolute Gasteiger partial charge is 0.506 e. The molecule has 0 aromatic heterocycles. The van der Waals surface area contributed by atoms with E-state index in [9.17, 15) is 4.79 Å². The highest BCUT2D eigenvalue weighted by Gasteiger charge is 2.13. The maximum absolute atomic E-state index is 9.79. The summed E-state index contributed by atoms with van der Waals surface area (Å²) in [7, 11) is 0. The first kappa shape index (κ1) is 16.1. The van der Waals surface area contributed by atoms with Crippen LogP contribution in [0.2, 0.25) is 0 Å². The molecule has 0 unspecified atom stereocenters. The maximum Gasteiger partial charge on any atom is 0.506 e. The van der Waals surface area contributed by atoms with Crippen LogP contribution in [0.3, 0.4) is 0 Å². The molecule has 0 saturated heterocycles. The van der Waals surface area contributed by atoms with E-state index in [1.54, 1.807) is 20.8 Å². The van der Waals surface area contributed by atoms with E-state index in [1.165, 1.54) is 0 Å². The number of rotatable bonds is 0. The topological polar surface area (TPSA) is 46.5 Å². The van der Waals surface area contributed by atoms with Gasteiger partial charge in [-0.2, -0.15) is 0 Å². The first-order chi connectivity index (χ1) is 3.42. The second-order valence-electron chi connectivity index (χ2n) is 2.48. The highest BCUT2D eigenvalue weighted by Crippen LogP contribution is 2.05. The van der Waals surface area contributed by atoms with Gasteiger partial charge in [-0.05, 0) is 20.8 Å². The summed E-state index contributed by atoms with van der Waals surface area (Å²) >= 11 is 0. The van der Waals surface area contributed by atoms with Crippen molar-refractivity contribution in [2.24, 2.45) is 0 Å². The Kier molecular flexibility index (Phi) is 8.20. The van der Waals surface area contributed by atoms with Crippen molar-refractivity contribution < 1.29 is 14.6 Å². The van der Waals surface area contributed by atoms with Crippen LogP contribution < -0.4 is 0 Å². The predicted octanol–water partition coefficient (Wildman–Crippen LogP) is 2.75. The van der Waals surface area contributed by atoms with Gasteiger partial charge in [0.25, 0.3) is 0 Å². The molecule has 0 fully saturated rings. The molecule has 0 aliphatic carbocycles. The van der Waals surface area contributed by atoms with E-state index in [2.05, 4.69) is 4.74 Å². The zero-order chi connectivity index (χ0) is 6.78. The third-order valence-corrected chi connectivity index (χ3v) is 0.393. The molecule has 0 atom stereocenters. The van der Waals surface area contributed by atoms with E-state index < -0.39 is 11.8 Å². The summed E-state index contributed by atoms with van der Waals surface area (Å²) in [5, 5.41) is 8.03. The van der Waals surface area contributed by atoms with Crippen LogP contribution in [-0.2, 0) is 4.74 Å². The quantitative estimate of drug-likeness (QED) is 0.540. The zero-order valence-corrected chi connectivity index (χ0v) is 5.26. The van der Waals surface area contributed by atoms with Gasteiger partial charge in [0.2, 0.25) is 0 Å². The van der Waals surface area contributed by atoms with E-state index in [1.807, 2.05) is 0 Å². The van der Waals surface area contributed by atoms with Crippen molar-refractivity contribution in [3.8, 4) is 0 Å². The molecule has 0 saturated carbocycles. The van der Waals surface area contributed by atoms with Gasteiger partial charge in [0.05, 0.1) is 0 Å². The summed E-state index contributed by atoms with van der Waals surface area (Å²) in [5.74, 6) is 0. The van der Waals surface area contributed by atoms with Crippen LogP contribution in [0.15, 0.2) is 0 Å². The monoisotopic (exact) mass is 150 g/mol. The summed E-state index contributed by atoms with van der Waals surface area (Å²) in [6.45, 7) is 5.04. The third kappa shape index (κ3) is 15.7. The van der Waals surface area contributed by atoms with Crippen LogP contribution in [0.1, 0.15) is 35.6 Å². The lowest BCUT2D eigenvalue weighted by Gasteiger charge is -2.15. The van der Waals surface area contributed by atoms with Gasteiger partial charge in [-0.1, -0.05) is 14.9 Å². The number of hydrogen-bond donors (Lipinski definition) is 1. The SMILES string of the molecule is C.C.CC(C)(C)OC(=O)O. The van der Waals surface area contributed by atoms with Crippen molar-refractivity contribution in [2.45, 2.75) is 41.2 Å². The Morgan fingerprint density at radius 2 is 1.60 bits per heavy atom. The molecule has 0 amide bonds. The van der Waals surface area contributed by atoms with E-state index in [4.69, 9.17) is 5.11 Å². The normalized spacial score (nSPS) is 8.70. The second-order valence-corrected chi connectivity index (χ2v) is 2.48. The Hall–Kier alpha value is -0.730. The van der Waals surface area contributed by atoms with E-state index in [0.29, 0.717) is 0 Å². The minimum Gasteiger partial charge on any atom is -0.450 e. The average molecular weight is 150 g/mol. The zero-order valence-electron chi connectivity index (χ0n) is 5.26. The molecular weight excluding hydrogens is 132 g/mol. The van der Waals surface area contributed by atoms with Crippen LogP contribution in [0, 0.1) is 0 Å². The van der Waals surface area contributed by atoms with Crippen molar-refractivity contribution in [1.29, 1.82) is 0 Å². The van der Waals surface area contributed by atoms with Crippen molar-refractivity contribution >= 4 is 6.16 Å². The molecule has 3 heteroatoms. The fourth-order valence-electron chi connectivity index (χ4n) is 0.262. The van der Waals surface area contributed by atoms with Crippen molar-refractivity contribution in [2.75, 3.05) is 0 Å².